The van der Waals surface area contributed by atoms with Crippen molar-refractivity contribution < 1.29 is 36.2 Å². The SMILES string of the molecule is O=C(OCc1nc2ccccc2n1C(F)F)c1ccc(COCC(F)(F)F)cc1. The van der Waals surface area contributed by atoms with Crippen molar-refractivity contribution >= 4 is 17.0 Å². The molecule has 0 radical (unpaired) electrons. The van der Waals surface area contributed by atoms with E-state index < -0.39 is 31.9 Å². The van der Waals surface area contributed by atoms with Gasteiger partial charge in [-0.05, 0) is 29.8 Å². The number of ether oxygens (including phenoxy) is 2. The molecular weight excluding hydrogens is 399 g/mol. The van der Waals surface area contributed by atoms with Crippen LogP contribution in [0.25, 0.3) is 11.0 Å². The summed E-state index contributed by atoms with van der Waals surface area (Å²) in [5, 5.41) is 0. The van der Waals surface area contributed by atoms with E-state index in [0.29, 0.717) is 15.6 Å². The molecule has 0 N–H and O–H groups in total. The fraction of sp³-hybridized carbons (Fsp3) is 0.263. The Kier molecular flexibility index (Phi) is 6.12. The maximum absolute atomic E-state index is 13.4. The molecule has 0 aliphatic heterocycles. The Morgan fingerprint density at radius 1 is 1.03 bits per heavy atom. The third kappa shape index (κ3) is 5.29. The molecule has 0 spiro atoms. The summed E-state index contributed by atoms with van der Waals surface area (Å²) >= 11 is 0. The molecular formula is C19H15F5N2O3. The summed E-state index contributed by atoms with van der Waals surface area (Å²) in [6.45, 7) is -4.96. The van der Waals surface area contributed by atoms with Gasteiger partial charge in [-0.25, -0.2) is 9.78 Å². The smallest absolute Gasteiger partial charge is 0.411 e. The van der Waals surface area contributed by atoms with E-state index in [1.165, 1.54) is 30.3 Å². The number of aromatic nitrogens is 2. The Labute approximate surface area is 161 Å². The van der Waals surface area contributed by atoms with Gasteiger partial charge in [0.15, 0.2) is 5.82 Å². The largest absolute Gasteiger partial charge is 0.454 e. The van der Waals surface area contributed by atoms with Crippen LogP contribution in [0, 0.1) is 0 Å². The summed E-state index contributed by atoms with van der Waals surface area (Å²) in [7, 11) is 0. The first kappa shape index (κ1) is 20.7. The number of halogens is 5. The second-order valence-corrected chi connectivity index (χ2v) is 6.05. The number of imidazole rings is 1. The Hall–Kier alpha value is -3.01. The number of para-hydroxylation sites is 2. The van der Waals surface area contributed by atoms with Crippen molar-refractivity contribution in [1.82, 2.24) is 9.55 Å². The lowest BCUT2D eigenvalue weighted by Gasteiger charge is -2.09. The predicted molar refractivity (Wildman–Crippen MR) is 92.3 cm³/mol. The standard InChI is InChI=1S/C19H15F5N2O3/c20-18(21)26-15-4-2-1-3-14(15)25-16(26)10-29-17(27)13-7-5-12(6-8-13)9-28-11-19(22,23)24/h1-8,18H,9-11H2. The molecule has 154 valence electrons. The number of benzene rings is 2. The number of esters is 1. The summed E-state index contributed by atoms with van der Waals surface area (Å²) in [6.07, 6.45) is -4.42. The van der Waals surface area contributed by atoms with E-state index in [0.717, 1.165) is 0 Å². The van der Waals surface area contributed by atoms with Gasteiger partial charge in [0.05, 0.1) is 23.2 Å². The van der Waals surface area contributed by atoms with Crippen LogP contribution in [-0.4, -0.2) is 28.3 Å². The summed E-state index contributed by atoms with van der Waals surface area (Å²) in [5.74, 6) is -0.882. The normalized spacial score (nSPS) is 11.9. The molecule has 3 rings (SSSR count). The average molecular weight is 414 g/mol. The molecule has 0 fully saturated rings. The van der Waals surface area contributed by atoms with Crippen LogP contribution in [0.1, 0.15) is 28.3 Å². The molecule has 0 aliphatic rings. The molecule has 0 unspecified atom stereocenters. The number of carbonyl (C=O) groups excluding carboxylic acids is 1. The van der Waals surface area contributed by atoms with Crippen LogP contribution in [0.15, 0.2) is 48.5 Å². The highest BCUT2D eigenvalue weighted by atomic mass is 19.4. The fourth-order valence-electron chi connectivity index (χ4n) is 2.65. The van der Waals surface area contributed by atoms with Gasteiger partial charge in [0.1, 0.15) is 13.2 Å². The van der Waals surface area contributed by atoms with Gasteiger partial charge in [-0.15, -0.1) is 0 Å². The highest BCUT2D eigenvalue weighted by molar-refractivity contribution is 5.89. The zero-order valence-electron chi connectivity index (χ0n) is 14.8. The fourth-order valence-corrected chi connectivity index (χ4v) is 2.65. The van der Waals surface area contributed by atoms with Gasteiger partial charge in [0.25, 0.3) is 0 Å². The number of alkyl halides is 5. The molecule has 1 aromatic heterocycles. The van der Waals surface area contributed by atoms with Crippen LogP contribution in [-0.2, 0) is 22.7 Å². The highest BCUT2D eigenvalue weighted by Crippen LogP contribution is 2.23. The molecule has 0 saturated carbocycles. The third-order valence-electron chi connectivity index (χ3n) is 3.92. The van der Waals surface area contributed by atoms with Crippen molar-refractivity contribution in [2.45, 2.75) is 25.9 Å². The van der Waals surface area contributed by atoms with E-state index >= 15 is 0 Å². The van der Waals surface area contributed by atoms with Crippen molar-refractivity contribution in [3.63, 3.8) is 0 Å². The van der Waals surface area contributed by atoms with E-state index in [1.807, 2.05) is 0 Å². The Bertz CT molecular complexity index is 984. The monoisotopic (exact) mass is 414 g/mol. The summed E-state index contributed by atoms with van der Waals surface area (Å²) in [5.41, 5.74) is 1.12. The van der Waals surface area contributed by atoms with Gasteiger partial charge in [-0.2, -0.15) is 22.0 Å². The van der Waals surface area contributed by atoms with E-state index in [-0.39, 0.29) is 23.5 Å². The minimum atomic E-state index is -4.42. The van der Waals surface area contributed by atoms with Crippen LogP contribution < -0.4 is 0 Å². The van der Waals surface area contributed by atoms with Crippen LogP contribution in [0.2, 0.25) is 0 Å². The quantitative estimate of drug-likeness (QED) is 0.409. The van der Waals surface area contributed by atoms with E-state index in [2.05, 4.69) is 9.72 Å². The van der Waals surface area contributed by atoms with Crippen LogP contribution >= 0.6 is 0 Å². The molecule has 29 heavy (non-hydrogen) atoms. The zero-order valence-corrected chi connectivity index (χ0v) is 14.8. The summed E-state index contributed by atoms with van der Waals surface area (Å²) in [4.78, 5) is 16.2. The molecule has 3 aromatic rings. The van der Waals surface area contributed by atoms with Crippen LogP contribution in [0.3, 0.4) is 0 Å². The minimum absolute atomic E-state index is 0.105. The van der Waals surface area contributed by atoms with E-state index in [4.69, 9.17) is 4.74 Å². The van der Waals surface area contributed by atoms with Gasteiger partial charge in [0.2, 0.25) is 0 Å². The number of fused-ring (bicyclic) bond motifs is 1. The predicted octanol–water partition coefficient (Wildman–Crippen LogP) is 4.87. The van der Waals surface area contributed by atoms with Gasteiger partial charge >= 0.3 is 18.7 Å². The van der Waals surface area contributed by atoms with Crippen molar-refractivity contribution in [2.75, 3.05) is 6.61 Å². The number of hydrogen-bond donors (Lipinski definition) is 0. The van der Waals surface area contributed by atoms with Crippen LogP contribution in [0.4, 0.5) is 22.0 Å². The Morgan fingerprint density at radius 3 is 2.38 bits per heavy atom. The maximum atomic E-state index is 13.4. The van der Waals surface area contributed by atoms with Crippen molar-refractivity contribution in [3.05, 3.63) is 65.5 Å². The number of nitrogens with zero attached hydrogens (tertiary/aromatic N) is 2. The Morgan fingerprint density at radius 2 is 1.72 bits per heavy atom. The van der Waals surface area contributed by atoms with Crippen molar-refractivity contribution in [2.24, 2.45) is 0 Å². The molecule has 10 heteroatoms. The van der Waals surface area contributed by atoms with Gasteiger partial charge in [0, 0.05) is 0 Å². The number of hydrogen-bond acceptors (Lipinski definition) is 4. The lowest BCUT2D eigenvalue weighted by atomic mass is 10.1. The topological polar surface area (TPSA) is 53.3 Å². The van der Waals surface area contributed by atoms with E-state index in [9.17, 15) is 26.7 Å². The number of rotatable bonds is 7. The van der Waals surface area contributed by atoms with Crippen LogP contribution in [0.5, 0.6) is 0 Å². The zero-order chi connectivity index (χ0) is 21.0. The summed E-state index contributed by atoms with van der Waals surface area (Å²) in [6, 6.07) is 11.8. The third-order valence-corrected chi connectivity index (χ3v) is 3.92. The first-order valence-corrected chi connectivity index (χ1v) is 8.39. The maximum Gasteiger partial charge on any atom is 0.411 e. The van der Waals surface area contributed by atoms with Crippen molar-refractivity contribution in [1.29, 1.82) is 0 Å². The number of carbonyl (C=O) groups is 1. The molecule has 0 bridgehead atoms. The molecule has 0 saturated heterocycles. The molecule has 1 heterocycles. The molecule has 2 aromatic carbocycles. The van der Waals surface area contributed by atoms with Gasteiger partial charge in [-0.3, -0.25) is 4.57 Å². The summed E-state index contributed by atoms with van der Waals surface area (Å²) < 4.78 is 73.2. The van der Waals surface area contributed by atoms with Gasteiger partial charge in [-0.1, -0.05) is 24.3 Å². The average Bonchev–Trinajstić information content (AvgIpc) is 3.04. The lowest BCUT2D eigenvalue weighted by Crippen LogP contribution is -2.16. The molecule has 5 nitrogen and oxygen atoms in total. The Balaban J connectivity index is 1.62. The van der Waals surface area contributed by atoms with E-state index in [1.54, 1.807) is 18.2 Å². The van der Waals surface area contributed by atoms with Crippen molar-refractivity contribution in [3.8, 4) is 0 Å². The molecule has 0 atom stereocenters. The second-order valence-electron chi connectivity index (χ2n) is 6.05. The first-order chi connectivity index (χ1) is 13.7. The molecule has 0 aliphatic carbocycles. The minimum Gasteiger partial charge on any atom is -0.454 e. The lowest BCUT2D eigenvalue weighted by molar-refractivity contribution is -0.176. The molecule has 0 amide bonds. The highest BCUT2D eigenvalue weighted by Gasteiger charge is 2.27. The first-order valence-electron chi connectivity index (χ1n) is 8.39. The second kappa shape index (κ2) is 8.56. The van der Waals surface area contributed by atoms with Gasteiger partial charge < -0.3 is 9.47 Å².